The molecule has 12 nitrogen and oxygen atoms in total. The normalized spacial score (nSPS) is 13.2. The number of phenolic OH excluding ortho intramolecular Hbond substituents is 2. The number of rotatable bonds is 8. The van der Waals surface area contributed by atoms with Crippen molar-refractivity contribution >= 4 is 52.7 Å². The standard InChI is InChI=1S/C23H24N6O6/c1-14(30)25-16-5-3-7-18(22(16)34)27-20(32)11-29(10-9-24-13-29)12-21(33)28-19-8-4-6-17(23(19)35)26-15(2)31/h3-10,13H,11-12H2,1-2H3,(H5-,25,26,27,28,30,31,32,33,34,35)/p+1. The topological polar surface area (TPSA) is 169 Å². The number of nitrogens with zero attached hydrogens (tertiary/aromatic N) is 2. The molecule has 12 heteroatoms. The number of quaternary nitrogens is 1. The van der Waals surface area contributed by atoms with Crippen LogP contribution in [0.1, 0.15) is 13.8 Å². The van der Waals surface area contributed by atoms with Crippen LogP contribution in [0.4, 0.5) is 22.7 Å². The van der Waals surface area contributed by atoms with Crippen LogP contribution in [-0.4, -0.2) is 57.8 Å². The molecule has 0 unspecified atom stereocenters. The van der Waals surface area contributed by atoms with Gasteiger partial charge in [-0.15, -0.1) is 0 Å². The predicted molar refractivity (Wildman–Crippen MR) is 130 cm³/mol. The molecule has 2 aromatic rings. The molecule has 0 radical (unpaired) electrons. The molecular formula is C23H25N6O6+. The van der Waals surface area contributed by atoms with Crippen LogP contribution in [0.3, 0.4) is 0 Å². The van der Waals surface area contributed by atoms with Crippen molar-refractivity contribution in [2.45, 2.75) is 13.8 Å². The summed E-state index contributed by atoms with van der Waals surface area (Å²) in [7, 11) is 0. The number of benzene rings is 2. The number of aromatic hydroxyl groups is 2. The minimum absolute atomic E-state index is 0.0867. The van der Waals surface area contributed by atoms with E-state index in [9.17, 15) is 29.4 Å². The van der Waals surface area contributed by atoms with Crippen molar-refractivity contribution in [2.75, 3.05) is 34.4 Å². The van der Waals surface area contributed by atoms with Crippen LogP contribution in [-0.2, 0) is 19.2 Å². The second-order valence-electron chi connectivity index (χ2n) is 7.84. The third-order valence-corrected chi connectivity index (χ3v) is 4.86. The van der Waals surface area contributed by atoms with Crippen molar-refractivity contribution in [1.29, 1.82) is 0 Å². The lowest BCUT2D eigenvalue weighted by Gasteiger charge is -2.26. The van der Waals surface area contributed by atoms with E-state index in [0.29, 0.717) is 0 Å². The predicted octanol–water partition coefficient (Wildman–Crippen LogP) is 1.92. The summed E-state index contributed by atoms with van der Waals surface area (Å²) in [5.74, 6) is -2.43. The Balaban J connectivity index is 1.70. The lowest BCUT2D eigenvalue weighted by Crippen LogP contribution is -2.50. The first-order chi connectivity index (χ1) is 16.6. The zero-order valence-electron chi connectivity index (χ0n) is 19.0. The van der Waals surface area contributed by atoms with Gasteiger partial charge in [0.1, 0.15) is 6.20 Å². The number of phenols is 2. The average molecular weight is 481 g/mol. The summed E-state index contributed by atoms with van der Waals surface area (Å²) < 4.78 is -0.254. The monoisotopic (exact) mass is 481 g/mol. The fourth-order valence-electron chi connectivity index (χ4n) is 3.41. The molecule has 35 heavy (non-hydrogen) atoms. The van der Waals surface area contributed by atoms with Gasteiger partial charge in [0.15, 0.2) is 30.9 Å². The molecule has 1 aliphatic rings. The zero-order chi connectivity index (χ0) is 25.6. The number of hydrogen-bond acceptors (Lipinski definition) is 7. The Morgan fingerprint density at radius 3 is 1.49 bits per heavy atom. The molecule has 0 aromatic heterocycles. The summed E-state index contributed by atoms with van der Waals surface area (Å²) in [6.45, 7) is 2.13. The molecule has 1 aliphatic heterocycles. The molecule has 0 bridgehead atoms. The Bertz CT molecular complexity index is 1140. The van der Waals surface area contributed by atoms with Gasteiger partial charge in [-0.2, -0.15) is 0 Å². The first kappa shape index (κ1) is 24.9. The van der Waals surface area contributed by atoms with Gasteiger partial charge in [-0.3, -0.25) is 19.2 Å². The maximum Gasteiger partial charge on any atom is 0.280 e. The molecule has 182 valence electrons. The van der Waals surface area contributed by atoms with E-state index in [2.05, 4.69) is 26.3 Å². The molecule has 0 aliphatic carbocycles. The van der Waals surface area contributed by atoms with Crippen molar-refractivity contribution in [3.8, 4) is 11.5 Å². The van der Waals surface area contributed by atoms with Crippen LogP contribution in [0.15, 0.2) is 53.8 Å². The third kappa shape index (κ3) is 6.42. The van der Waals surface area contributed by atoms with Gasteiger partial charge in [0.25, 0.3) is 11.8 Å². The number of carbonyl (C=O) groups is 4. The molecule has 6 N–H and O–H groups in total. The fraction of sp³-hybridized carbons (Fsp3) is 0.174. The maximum atomic E-state index is 12.8. The Labute approximate surface area is 200 Å². The van der Waals surface area contributed by atoms with Crippen molar-refractivity contribution in [1.82, 2.24) is 0 Å². The van der Waals surface area contributed by atoms with E-state index in [4.69, 9.17) is 0 Å². The van der Waals surface area contributed by atoms with Crippen molar-refractivity contribution in [3.63, 3.8) is 0 Å². The van der Waals surface area contributed by atoms with E-state index < -0.39 is 11.8 Å². The van der Waals surface area contributed by atoms with E-state index in [1.807, 2.05) is 0 Å². The lowest BCUT2D eigenvalue weighted by molar-refractivity contribution is -0.760. The molecule has 0 fully saturated rings. The van der Waals surface area contributed by atoms with Crippen LogP contribution in [0.5, 0.6) is 11.5 Å². The minimum atomic E-state index is -0.526. The number of hydrogen-bond donors (Lipinski definition) is 6. The fourth-order valence-corrected chi connectivity index (χ4v) is 3.41. The van der Waals surface area contributed by atoms with Crippen LogP contribution in [0.2, 0.25) is 0 Å². The highest BCUT2D eigenvalue weighted by atomic mass is 16.3. The highest BCUT2D eigenvalue weighted by Crippen LogP contribution is 2.33. The van der Waals surface area contributed by atoms with Gasteiger partial charge in [0, 0.05) is 13.8 Å². The van der Waals surface area contributed by atoms with Gasteiger partial charge >= 0.3 is 0 Å². The molecule has 1 heterocycles. The quantitative estimate of drug-likeness (QED) is 0.249. The van der Waals surface area contributed by atoms with Crippen molar-refractivity contribution in [3.05, 3.63) is 48.8 Å². The SMILES string of the molecule is CC(=O)Nc1cccc(NC(=O)C[N+]2(CC(=O)Nc3cccc(NC(C)=O)c3O)C=CN=C2)c1O. The highest BCUT2D eigenvalue weighted by Gasteiger charge is 2.33. The van der Waals surface area contributed by atoms with Gasteiger partial charge < -0.3 is 31.5 Å². The van der Waals surface area contributed by atoms with Crippen molar-refractivity contribution in [2.24, 2.45) is 4.99 Å². The Kier molecular flexibility index (Phi) is 7.46. The lowest BCUT2D eigenvalue weighted by atomic mass is 10.2. The number of carbonyl (C=O) groups excluding carboxylic acids is 4. The number of nitrogens with one attached hydrogen (secondary N) is 4. The summed E-state index contributed by atoms with van der Waals surface area (Å²) in [6.07, 6.45) is 4.42. The summed E-state index contributed by atoms with van der Waals surface area (Å²) in [5, 5.41) is 30.7. The van der Waals surface area contributed by atoms with E-state index in [-0.39, 0.29) is 63.6 Å². The van der Waals surface area contributed by atoms with E-state index in [1.165, 1.54) is 50.7 Å². The van der Waals surface area contributed by atoms with Gasteiger partial charge in [-0.25, -0.2) is 9.48 Å². The maximum absolute atomic E-state index is 12.8. The van der Waals surface area contributed by atoms with Crippen LogP contribution in [0.25, 0.3) is 0 Å². The summed E-state index contributed by atoms with van der Waals surface area (Å²) >= 11 is 0. The molecule has 3 rings (SSSR count). The Hall–Kier alpha value is -4.71. The molecule has 0 spiro atoms. The molecule has 0 saturated heterocycles. The van der Waals surface area contributed by atoms with Gasteiger partial charge in [-0.1, -0.05) is 12.1 Å². The number of amides is 4. The summed E-state index contributed by atoms with van der Waals surface area (Å²) in [5.41, 5.74) is 0.456. The Morgan fingerprint density at radius 2 is 1.14 bits per heavy atom. The minimum Gasteiger partial charge on any atom is -0.504 e. The van der Waals surface area contributed by atoms with E-state index >= 15 is 0 Å². The third-order valence-electron chi connectivity index (χ3n) is 4.86. The van der Waals surface area contributed by atoms with Crippen LogP contribution in [0, 0.1) is 0 Å². The molecular weight excluding hydrogens is 456 g/mol. The highest BCUT2D eigenvalue weighted by molar-refractivity contribution is 5.99. The second kappa shape index (κ2) is 10.5. The van der Waals surface area contributed by atoms with Crippen LogP contribution >= 0.6 is 0 Å². The van der Waals surface area contributed by atoms with Gasteiger partial charge in [0.05, 0.1) is 28.9 Å². The molecule has 0 saturated carbocycles. The van der Waals surface area contributed by atoms with Crippen molar-refractivity contribution < 1.29 is 33.9 Å². The average Bonchev–Trinajstić information content (AvgIpc) is 3.20. The molecule has 2 aromatic carbocycles. The zero-order valence-corrected chi connectivity index (χ0v) is 19.0. The number of para-hydroxylation sites is 2. The molecule has 4 amide bonds. The van der Waals surface area contributed by atoms with Crippen LogP contribution < -0.4 is 21.3 Å². The van der Waals surface area contributed by atoms with E-state index in [1.54, 1.807) is 18.3 Å². The number of anilines is 4. The first-order valence-corrected chi connectivity index (χ1v) is 10.5. The number of aliphatic imine (C=N–C) groups is 1. The van der Waals surface area contributed by atoms with Gasteiger partial charge in [0.2, 0.25) is 11.8 Å². The summed E-state index contributed by atoms with van der Waals surface area (Å²) in [4.78, 5) is 52.1. The Morgan fingerprint density at radius 1 is 0.743 bits per heavy atom. The molecule has 0 atom stereocenters. The van der Waals surface area contributed by atoms with E-state index in [0.717, 1.165) is 0 Å². The summed E-state index contributed by atoms with van der Waals surface area (Å²) in [6, 6.07) is 9.00. The van der Waals surface area contributed by atoms with Gasteiger partial charge in [-0.05, 0) is 24.3 Å². The second-order valence-corrected chi connectivity index (χ2v) is 7.84. The largest absolute Gasteiger partial charge is 0.504 e. The first-order valence-electron chi connectivity index (χ1n) is 10.5. The smallest absolute Gasteiger partial charge is 0.280 e.